The van der Waals surface area contributed by atoms with Gasteiger partial charge >= 0.3 is 12.0 Å². The van der Waals surface area contributed by atoms with Crippen molar-refractivity contribution in [1.82, 2.24) is 10.6 Å². The maximum Gasteiger partial charge on any atom is 0.338 e. The minimum Gasteiger partial charge on any atom is -0.462 e. The van der Waals surface area contributed by atoms with Crippen LogP contribution in [0.2, 0.25) is 0 Å². The summed E-state index contributed by atoms with van der Waals surface area (Å²) in [6.45, 7) is 4.19. The Balaban J connectivity index is 1.96. The van der Waals surface area contributed by atoms with Crippen molar-refractivity contribution < 1.29 is 23.8 Å². The highest BCUT2D eigenvalue weighted by Crippen LogP contribution is 2.41. The van der Waals surface area contributed by atoms with Crippen LogP contribution >= 0.6 is 15.9 Å². The van der Waals surface area contributed by atoms with Gasteiger partial charge in [0.2, 0.25) is 6.79 Å². The van der Waals surface area contributed by atoms with Gasteiger partial charge in [-0.25, -0.2) is 9.59 Å². The molecule has 1 aromatic carbocycles. The Morgan fingerprint density at radius 2 is 2.08 bits per heavy atom. The summed E-state index contributed by atoms with van der Waals surface area (Å²) in [5.41, 5.74) is 1.54. The zero-order valence-corrected chi connectivity index (χ0v) is 15.6. The first-order valence-electron chi connectivity index (χ1n) is 8.05. The molecule has 2 heterocycles. The molecule has 0 saturated heterocycles. The summed E-state index contributed by atoms with van der Waals surface area (Å²) in [4.78, 5) is 24.5. The van der Waals surface area contributed by atoms with Gasteiger partial charge in [-0.15, -0.1) is 0 Å². The highest BCUT2D eigenvalue weighted by Gasteiger charge is 2.34. The summed E-state index contributed by atoms with van der Waals surface area (Å²) >= 11 is 3.48. The van der Waals surface area contributed by atoms with E-state index in [1.165, 1.54) is 0 Å². The van der Waals surface area contributed by atoms with Gasteiger partial charge < -0.3 is 24.8 Å². The first-order valence-corrected chi connectivity index (χ1v) is 8.85. The van der Waals surface area contributed by atoms with Gasteiger partial charge in [0.25, 0.3) is 0 Å². The van der Waals surface area contributed by atoms with Crippen molar-refractivity contribution in [1.29, 1.82) is 0 Å². The van der Waals surface area contributed by atoms with E-state index in [0.29, 0.717) is 39.4 Å². The van der Waals surface area contributed by atoms with Gasteiger partial charge in [-0.2, -0.15) is 0 Å². The lowest BCUT2D eigenvalue weighted by Gasteiger charge is -2.28. The number of nitrogens with one attached hydrogen (secondary N) is 2. The Kier molecular flexibility index (Phi) is 5.17. The molecule has 134 valence electrons. The number of ether oxygens (including phenoxy) is 3. The van der Waals surface area contributed by atoms with E-state index in [-0.39, 0.29) is 12.8 Å². The van der Waals surface area contributed by atoms with Crippen molar-refractivity contribution >= 4 is 27.9 Å². The number of halogens is 1. The maximum absolute atomic E-state index is 12.6. The van der Waals surface area contributed by atoms with E-state index >= 15 is 0 Å². The van der Waals surface area contributed by atoms with Crippen molar-refractivity contribution in [3.8, 4) is 11.5 Å². The van der Waals surface area contributed by atoms with Crippen molar-refractivity contribution in [2.75, 3.05) is 13.4 Å². The Bertz CT molecular complexity index is 747. The van der Waals surface area contributed by atoms with E-state index in [2.05, 4.69) is 26.6 Å². The van der Waals surface area contributed by atoms with Gasteiger partial charge in [0, 0.05) is 10.2 Å². The third kappa shape index (κ3) is 3.58. The number of urea groups is 1. The molecular weight excluding hydrogens is 392 g/mol. The van der Waals surface area contributed by atoms with Gasteiger partial charge in [-0.3, -0.25) is 0 Å². The standard InChI is InChI=1S/C17H19BrN2O5/c1-3-4-5-23-16(21)14-9(2)19-17(22)20-15(14)10-6-12-13(7-11(10)18)25-8-24-12/h6-7,15H,3-5,8H2,1-2H3,(H2,19,20,22)/t15-/m1/s1. The quantitative estimate of drug-likeness (QED) is 0.575. The lowest BCUT2D eigenvalue weighted by Crippen LogP contribution is -2.45. The van der Waals surface area contributed by atoms with E-state index in [9.17, 15) is 9.59 Å². The van der Waals surface area contributed by atoms with Gasteiger partial charge in [-0.1, -0.05) is 29.3 Å². The number of carbonyl (C=O) groups is 2. The van der Waals surface area contributed by atoms with Crippen molar-refractivity contribution in [3.63, 3.8) is 0 Å². The fraction of sp³-hybridized carbons (Fsp3) is 0.412. The zero-order chi connectivity index (χ0) is 18.0. The van der Waals surface area contributed by atoms with Crippen LogP contribution in [-0.4, -0.2) is 25.4 Å². The van der Waals surface area contributed by atoms with Crippen LogP contribution < -0.4 is 20.1 Å². The molecule has 3 rings (SSSR count). The molecule has 0 spiro atoms. The monoisotopic (exact) mass is 410 g/mol. The van der Waals surface area contributed by atoms with Gasteiger partial charge in [0.1, 0.15) is 0 Å². The predicted molar refractivity (Wildman–Crippen MR) is 93.2 cm³/mol. The number of amides is 2. The minimum absolute atomic E-state index is 0.143. The van der Waals surface area contributed by atoms with Crippen LogP contribution in [0.5, 0.6) is 11.5 Å². The number of hydrogen-bond acceptors (Lipinski definition) is 5. The summed E-state index contributed by atoms with van der Waals surface area (Å²) < 4.78 is 16.8. The molecule has 2 N–H and O–H groups in total. The van der Waals surface area contributed by atoms with Gasteiger partial charge in [0.05, 0.1) is 18.2 Å². The number of fused-ring (bicyclic) bond motifs is 1. The lowest BCUT2D eigenvalue weighted by molar-refractivity contribution is -0.139. The molecule has 0 aromatic heterocycles. The molecule has 25 heavy (non-hydrogen) atoms. The molecule has 0 bridgehead atoms. The molecule has 8 heteroatoms. The van der Waals surface area contributed by atoms with E-state index in [0.717, 1.165) is 12.8 Å². The number of unbranched alkanes of at least 4 members (excludes halogenated alkanes) is 1. The molecule has 0 fully saturated rings. The smallest absolute Gasteiger partial charge is 0.338 e. The van der Waals surface area contributed by atoms with Crippen LogP contribution in [0.3, 0.4) is 0 Å². The van der Waals surface area contributed by atoms with Crippen LogP contribution in [0.15, 0.2) is 27.9 Å². The third-order valence-corrected chi connectivity index (χ3v) is 4.71. The second-order valence-electron chi connectivity index (χ2n) is 5.79. The van der Waals surface area contributed by atoms with E-state index in [1.54, 1.807) is 19.1 Å². The second kappa shape index (κ2) is 7.35. The third-order valence-electron chi connectivity index (χ3n) is 4.02. The van der Waals surface area contributed by atoms with Crippen LogP contribution in [0.1, 0.15) is 38.3 Å². The number of benzene rings is 1. The molecular formula is C17H19BrN2O5. The zero-order valence-electron chi connectivity index (χ0n) is 14.0. The van der Waals surface area contributed by atoms with Crippen LogP contribution in [-0.2, 0) is 9.53 Å². The number of hydrogen-bond donors (Lipinski definition) is 2. The van der Waals surface area contributed by atoms with Crippen LogP contribution in [0, 0.1) is 0 Å². The average Bonchev–Trinajstić information content (AvgIpc) is 3.00. The molecule has 2 aliphatic rings. The number of esters is 1. The summed E-state index contributed by atoms with van der Waals surface area (Å²) in [6, 6.07) is 2.50. The molecule has 0 radical (unpaired) electrons. The van der Waals surface area contributed by atoms with E-state index in [1.807, 2.05) is 6.92 Å². The fourth-order valence-electron chi connectivity index (χ4n) is 2.74. The molecule has 1 aromatic rings. The summed E-state index contributed by atoms with van der Waals surface area (Å²) in [6.07, 6.45) is 1.72. The van der Waals surface area contributed by atoms with Gasteiger partial charge in [0.15, 0.2) is 11.5 Å². The van der Waals surface area contributed by atoms with Crippen molar-refractivity contribution in [2.24, 2.45) is 0 Å². The van der Waals surface area contributed by atoms with Crippen LogP contribution in [0.4, 0.5) is 4.79 Å². The normalized spacial score (nSPS) is 18.7. The Hall–Kier alpha value is -2.22. The molecule has 0 saturated carbocycles. The van der Waals surface area contributed by atoms with Crippen molar-refractivity contribution in [3.05, 3.63) is 33.4 Å². The van der Waals surface area contributed by atoms with E-state index < -0.39 is 12.0 Å². The fourth-order valence-corrected chi connectivity index (χ4v) is 3.29. The molecule has 1 atom stereocenters. The molecule has 2 aliphatic heterocycles. The van der Waals surface area contributed by atoms with Crippen molar-refractivity contribution in [2.45, 2.75) is 32.7 Å². The van der Waals surface area contributed by atoms with E-state index in [4.69, 9.17) is 14.2 Å². The molecule has 0 unspecified atom stereocenters. The largest absolute Gasteiger partial charge is 0.462 e. The first kappa shape index (κ1) is 17.6. The second-order valence-corrected chi connectivity index (χ2v) is 6.64. The molecule has 2 amide bonds. The molecule has 7 nitrogen and oxygen atoms in total. The number of rotatable bonds is 5. The highest BCUT2D eigenvalue weighted by molar-refractivity contribution is 9.10. The lowest BCUT2D eigenvalue weighted by atomic mass is 9.95. The Morgan fingerprint density at radius 1 is 1.36 bits per heavy atom. The average molecular weight is 411 g/mol. The minimum atomic E-state index is -0.647. The number of carbonyl (C=O) groups excluding carboxylic acids is 2. The molecule has 0 aliphatic carbocycles. The van der Waals surface area contributed by atoms with Gasteiger partial charge in [-0.05, 0) is 31.0 Å². The first-order chi connectivity index (χ1) is 12.0. The predicted octanol–water partition coefficient (Wildman–Crippen LogP) is 3.15. The topological polar surface area (TPSA) is 85.9 Å². The summed E-state index contributed by atoms with van der Waals surface area (Å²) in [5, 5.41) is 5.41. The maximum atomic E-state index is 12.6. The number of allylic oxidation sites excluding steroid dienone is 1. The van der Waals surface area contributed by atoms with Crippen LogP contribution in [0.25, 0.3) is 0 Å². The Morgan fingerprint density at radius 3 is 2.80 bits per heavy atom. The highest BCUT2D eigenvalue weighted by atomic mass is 79.9. The summed E-state index contributed by atoms with van der Waals surface area (Å²) in [5.74, 6) is 0.735. The SMILES string of the molecule is CCCCOC(=O)C1=C(C)NC(=O)N[C@@H]1c1cc2c(cc1Br)OCO2. The Labute approximate surface area is 153 Å². The summed E-state index contributed by atoms with van der Waals surface area (Å²) in [7, 11) is 0.